The fraction of sp³-hybridized carbons (Fsp3) is 0.375. The average molecular weight is 382 g/mol. The average Bonchev–Trinajstić information content (AvgIpc) is 2.93. The Hall–Kier alpha value is -2.02. The van der Waals surface area contributed by atoms with E-state index in [0.29, 0.717) is 23.6 Å². The van der Waals surface area contributed by atoms with E-state index < -0.39 is 0 Å². The highest BCUT2D eigenvalue weighted by molar-refractivity contribution is 9.10. The van der Waals surface area contributed by atoms with Crippen molar-refractivity contribution in [3.8, 4) is 11.5 Å². The third kappa shape index (κ3) is 3.67. The van der Waals surface area contributed by atoms with Gasteiger partial charge in [0, 0.05) is 19.2 Å². The van der Waals surface area contributed by atoms with Crippen LogP contribution in [0.5, 0.6) is 11.5 Å². The first-order chi connectivity index (χ1) is 11.0. The van der Waals surface area contributed by atoms with Gasteiger partial charge in [0.1, 0.15) is 0 Å². The lowest BCUT2D eigenvalue weighted by atomic mass is 10.1. The van der Waals surface area contributed by atoms with Crippen LogP contribution >= 0.6 is 15.9 Å². The molecule has 23 heavy (non-hydrogen) atoms. The summed E-state index contributed by atoms with van der Waals surface area (Å²) in [5.41, 5.74) is 1.51. The molecule has 0 fully saturated rings. The topological polar surface area (TPSA) is 56.6 Å². The molecule has 2 rings (SSSR count). The Kier molecular flexibility index (Phi) is 5.65. The quantitative estimate of drug-likeness (QED) is 0.771. The highest BCUT2D eigenvalue weighted by Gasteiger charge is 2.18. The van der Waals surface area contributed by atoms with Gasteiger partial charge in [0.15, 0.2) is 11.5 Å². The maximum atomic E-state index is 12.6. The van der Waals surface area contributed by atoms with Crippen molar-refractivity contribution in [1.82, 2.24) is 14.7 Å². The number of carbonyl (C=O) groups excluding carboxylic acids is 1. The van der Waals surface area contributed by atoms with Gasteiger partial charge in [-0.2, -0.15) is 5.10 Å². The Morgan fingerprint density at radius 3 is 2.61 bits per heavy atom. The zero-order valence-corrected chi connectivity index (χ0v) is 15.3. The fourth-order valence-corrected chi connectivity index (χ4v) is 2.73. The smallest absolute Gasteiger partial charge is 0.254 e. The second kappa shape index (κ2) is 7.50. The summed E-state index contributed by atoms with van der Waals surface area (Å²) < 4.78 is 13.2. The van der Waals surface area contributed by atoms with Crippen molar-refractivity contribution >= 4 is 21.8 Å². The largest absolute Gasteiger partial charge is 0.493 e. The molecular weight excluding hydrogens is 362 g/mol. The highest BCUT2D eigenvalue weighted by Crippen LogP contribution is 2.28. The molecule has 0 bridgehead atoms. The van der Waals surface area contributed by atoms with Gasteiger partial charge in [-0.3, -0.25) is 9.48 Å². The van der Waals surface area contributed by atoms with E-state index in [4.69, 9.17) is 9.47 Å². The Bertz CT molecular complexity index is 700. The van der Waals surface area contributed by atoms with Crippen LogP contribution in [-0.4, -0.2) is 41.9 Å². The van der Waals surface area contributed by atoms with E-state index >= 15 is 0 Å². The van der Waals surface area contributed by atoms with Crippen molar-refractivity contribution in [3.05, 3.63) is 40.1 Å². The molecule has 0 aliphatic carbocycles. The van der Waals surface area contributed by atoms with Crippen molar-refractivity contribution in [2.24, 2.45) is 0 Å². The van der Waals surface area contributed by atoms with Crippen molar-refractivity contribution in [2.45, 2.75) is 20.0 Å². The van der Waals surface area contributed by atoms with E-state index in [0.717, 1.165) is 16.7 Å². The predicted molar refractivity (Wildman–Crippen MR) is 90.9 cm³/mol. The molecule has 0 atom stereocenters. The number of benzene rings is 1. The number of aryl methyl sites for hydroxylation is 1. The number of halogens is 1. The first-order valence-electron chi connectivity index (χ1n) is 7.19. The molecule has 0 aliphatic heterocycles. The molecule has 0 spiro atoms. The second-order valence-corrected chi connectivity index (χ2v) is 5.84. The molecule has 0 radical (unpaired) electrons. The van der Waals surface area contributed by atoms with Crippen LogP contribution in [0.2, 0.25) is 0 Å². The lowest BCUT2D eigenvalue weighted by molar-refractivity contribution is 0.0781. The number of hydrogen-bond donors (Lipinski definition) is 0. The Labute approximate surface area is 144 Å². The van der Waals surface area contributed by atoms with Gasteiger partial charge in [0.05, 0.1) is 37.1 Å². The summed E-state index contributed by atoms with van der Waals surface area (Å²) in [6.07, 6.45) is 1.74. The predicted octanol–water partition coefficient (Wildman–Crippen LogP) is 2.95. The van der Waals surface area contributed by atoms with Crippen LogP contribution in [0, 0.1) is 0 Å². The molecular formula is C16H20BrN3O3. The summed E-state index contributed by atoms with van der Waals surface area (Å²) in [5, 5.41) is 4.26. The van der Waals surface area contributed by atoms with Crippen molar-refractivity contribution in [1.29, 1.82) is 0 Å². The minimum Gasteiger partial charge on any atom is -0.493 e. The van der Waals surface area contributed by atoms with Crippen LogP contribution in [0.4, 0.5) is 0 Å². The van der Waals surface area contributed by atoms with E-state index in [1.54, 1.807) is 50.6 Å². The molecule has 6 nitrogen and oxygen atoms in total. The summed E-state index contributed by atoms with van der Waals surface area (Å²) in [6, 6.07) is 5.14. The van der Waals surface area contributed by atoms with E-state index in [2.05, 4.69) is 21.0 Å². The molecule has 0 aliphatic rings. The minimum absolute atomic E-state index is 0.0956. The number of amides is 1. The third-order valence-electron chi connectivity index (χ3n) is 3.56. The molecule has 0 unspecified atom stereocenters. The van der Waals surface area contributed by atoms with Crippen LogP contribution in [0.25, 0.3) is 0 Å². The van der Waals surface area contributed by atoms with Crippen molar-refractivity contribution < 1.29 is 14.3 Å². The molecule has 1 aromatic heterocycles. The molecule has 1 amide bonds. The number of methoxy groups -OCH3 is 2. The number of aromatic nitrogens is 2. The molecule has 124 valence electrons. The van der Waals surface area contributed by atoms with E-state index in [1.807, 2.05) is 11.6 Å². The lowest BCUT2D eigenvalue weighted by Gasteiger charge is -2.19. The first-order valence-corrected chi connectivity index (χ1v) is 7.98. The van der Waals surface area contributed by atoms with Gasteiger partial charge in [-0.15, -0.1) is 0 Å². The maximum absolute atomic E-state index is 12.6. The minimum atomic E-state index is -0.0956. The molecule has 0 saturated heterocycles. The van der Waals surface area contributed by atoms with Gasteiger partial charge >= 0.3 is 0 Å². The Morgan fingerprint density at radius 2 is 2.00 bits per heavy atom. The number of hydrogen-bond acceptors (Lipinski definition) is 4. The SMILES string of the molecule is CCn1ncc(Br)c1CN(C)C(=O)c1ccc(OC)c(OC)c1. The van der Waals surface area contributed by atoms with Gasteiger partial charge in [-0.1, -0.05) is 0 Å². The molecule has 0 saturated carbocycles. The lowest BCUT2D eigenvalue weighted by Crippen LogP contribution is -2.27. The molecule has 0 N–H and O–H groups in total. The second-order valence-electron chi connectivity index (χ2n) is 4.99. The van der Waals surface area contributed by atoms with E-state index in [1.165, 1.54) is 0 Å². The van der Waals surface area contributed by atoms with Crippen molar-refractivity contribution in [2.75, 3.05) is 21.3 Å². The molecule has 1 aromatic carbocycles. The van der Waals surface area contributed by atoms with Gasteiger partial charge in [0.25, 0.3) is 5.91 Å². The zero-order chi connectivity index (χ0) is 17.0. The Morgan fingerprint density at radius 1 is 1.30 bits per heavy atom. The molecule has 7 heteroatoms. The van der Waals surface area contributed by atoms with Gasteiger partial charge in [-0.25, -0.2) is 0 Å². The summed E-state index contributed by atoms with van der Waals surface area (Å²) in [7, 11) is 4.88. The maximum Gasteiger partial charge on any atom is 0.254 e. The summed E-state index contributed by atoms with van der Waals surface area (Å²) in [6.45, 7) is 3.22. The van der Waals surface area contributed by atoms with Gasteiger partial charge in [0.2, 0.25) is 0 Å². The van der Waals surface area contributed by atoms with E-state index in [9.17, 15) is 4.79 Å². The highest BCUT2D eigenvalue weighted by atomic mass is 79.9. The van der Waals surface area contributed by atoms with E-state index in [-0.39, 0.29) is 5.91 Å². The summed E-state index contributed by atoms with van der Waals surface area (Å²) in [5.74, 6) is 1.03. The van der Waals surface area contributed by atoms with Crippen LogP contribution in [0.15, 0.2) is 28.9 Å². The first kappa shape index (κ1) is 17.3. The summed E-state index contributed by atoms with van der Waals surface area (Å²) >= 11 is 3.48. The molecule has 2 aromatic rings. The van der Waals surface area contributed by atoms with Crippen LogP contribution < -0.4 is 9.47 Å². The number of carbonyl (C=O) groups is 1. The zero-order valence-electron chi connectivity index (χ0n) is 13.7. The normalized spacial score (nSPS) is 10.5. The van der Waals surface area contributed by atoms with Crippen LogP contribution in [0.1, 0.15) is 23.0 Å². The number of rotatable bonds is 6. The summed E-state index contributed by atoms with van der Waals surface area (Å²) in [4.78, 5) is 14.3. The number of ether oxygens (including phenoxy) is 2. The number of nitrogens with zero attached hydrogens (tertiary/aromatic N) is 3. The fourth-order valence-electron chi connectivity index (χ4n) is 2.30. The van der Waals surface area contributed by atoms with Crippen molar-refractivity contribution in [3.63, 3.8) is 0 Å². The van der Waals surface area contributed by atoms with Gasteiger partial charge < -0.3 is 14.4 Å². The third-order valence-corrected chi connectivity index (χ3v) is 4.22. The van der Waals surface area contributed by atoms with Crippen LogP contribution in [-0.2, 0) is 13.1 Å². The Balaban J connectivity index is 2.21. The monoisotopic (exact) mass is 381 g/mol. The van der Waals surface area contributed by atoms with Crippen LogP contribution in [0.3, 0.4) is 0 Å². The van der Waals surface area contributed by atoms with Gasteiger partial charge in [-0.05, 0) is 41.1 Å². The standard InChI is InChI=1S/C16H20BrN3O3/c1-5-20-13(12(17)9-18-20)10-19(2)16(21)11-6-7-14(22-3)15(8-11)23-4/h6-9H,5,10H2,1-4H3. The molecule has 1 heterocycles.